The van der Waals surface area contributed by atoms with Crippen molar-refractivity contribution in [1.29, 1.82) is 0 Å². The van der Waals surface area contributed by atoms with Crippen LogP contribution in [0.1, 0.15) is 36.0 Å². The van der Waals surface area contributed by atoms with Gasteiger partial charge in [-0.1, -0.05) is 42.1 Å². The molecule has 0 saturated carbocycles. The van der Waals surface area contributed by atoms with Crippen LogP contribution in [0.15, 0.2) is 60.0 Å². The van der Waals surface area contributed by atoms with E-state index in [4.69, 9.17) is 4.74 Å². The number of benzene rings is 2. The van der Waals surface area contributed by atoms with E-state index in [1.165, 1.54) is 55.0 Å². The van der Waals surface area contributed by atoms with Gasteiger partial charge >= 0.3 is 0 Å². The van der Waals surface area contributed by atoms with Gasteiger partial charge in [0.25, 0.3) is 0 Å². The van der Waals surface area contributed by atoms with E-state index >= 15 is 0 Å². The molecule has 1 N–H and O–H groups in total. The molecule has 1 aromatic heterocycles. The highest BCUT2D eigenvalue weighted by atomic mass is 32.2. The summed E-state index contributed by atoms with van der Waals surface area (Å²) in [6, 6.07) is 14.8. The van der Waals surface area contributed by atoms with Gasteiger partial charge in [0.05, 0.1) is 12.9 Å². The van der Waals surface area contributed by atoms with Crippen molar-refractivity contribution in [2.24, 2.45) is 5.92 Å². The van der Waals surface area contributed by atoms with E-state index in [0.29, 0.717) is 16.8 Å². The van der Waals surface area contributed by atoms with Crippen molar-refractivity contribution in [3.8, 4) is 16.9 Å². The number of rotatable bonds is 9. The number of hydrogen-bond donors (Lipinski definition) is 1. The Kier molecular flexibility index (Phi) is 8.18. The fourth-order valence-electron chi connectivity index (χ4n) is 5.21. The Morgan fingerprint density at radius 1 is 1.06 bits per heavy atom. The molecule has 36 heavy (non-hydrogen) atoms. The van der Waals surface area contributed by atoms with Crippen molar-refractivity contribution in [3.63, 3.8) is 0 Å². The van der Waals surface area contributed by atoms with E-state index in [2.05, 4.69) is 38.4 Å². The molecular weight excluding hydrogens is 468 g/mol. The molecule has 1 unspecified atom stereocenters. The van der Waals surface area contributed by atoms with E-state index in [1.54, 1.807) is 25.1 Å². The van der Waals surface area contributed by atoms with Gasteiger partial charge in [-0.05, 0) is 79.0 Å². The molecule has 7 heteroatoms. The summed E-state index contributed by atoms with van der Waals surface area (Å²) >= 11 is 1.37. The summed E-state index contributed by atoms with van der Waals surface area (Å²) in [4.78, 5) is 23.9. The van der Waals surface area contributed by atoms with Crippen LogP contribution >= 0.6 is 11.8 Å². The molecule has 1 atom stereocenters. The predicted molar refractivity (Wildman–Crippen MR) is 144 cm³/mol. The van der Waals surface area contributed by atoms with Crippen LogP contribution in [0.25, 0.3) is 11.1 Å². The largest absolute Gasteiger partial charge is 0.497 e. The third kappa shape index (κ3) is 6.45. The van der Waals surface area contributed by atoms with Gasteiger partial charge in [-0.2, -0.15) is 0 Å². The average molecular weight is 503 g/mol. The topological polar surface area (TPSA) is 67.3 Å². The normalized spacial score (nSPS) is 17.5. The van der Waals surface area contributed by atoms with Gasteiger partial charge < -0.3 is 10.1 Å². The number of carbonyl (C=O) groups excluding carboxylic acids is 1. The van der Waals surface area contributed by atoms with Crippen LogP contribution in [0.2, 0.25) is 0 Å². The standard InChI is InChI=1S/C29H34N4O2S/c1-35-27-11-9-24(10-12-27)26-16-31-29(32-17-26)36-20-28(34)30-15-22-4-3-13-33(19-22)18-21-7-8-23-5-2-6-25(23)14-21/h7-12,14,16-17,22H,2-6,13,15,18-20H2,1H3,(H,30,34). The Hall–Kier alpha value is -2.90. The maximum absolute atomic E-state index is 12.5. The van der Waals surface area contributed by atoms with Crippen LogP contribution in [-0.2, 0) is 24.2 Å². The van der Waals surface area contributed by atoms with Crippen molar-refractivity contribution < 1.29 is 9.53 Å². The van der Waals surface area contributed by atoms with Crippen molar-refractivity contribution in [2.45, 2.75) is 43.8 Å². The molecule has 188 valence electrons. The van der Waals surface area contributed by atoms with Gasteiger partial charge in [0.15, 0.2) is 5.16 Å². The zero-order chi connectivity index (χ0) is 24.7. The lowest BCUT2D eigenvalue weighted by molar-refractivity contribution is -0.118. The van der Waals surface area contributed by atoms with Crippen molar-refractivity contribution >= 4 is 17.7 Å². The van der Waals surface area contributed by atoms with Crippen LogP contribution in [0.4, 0.5) is 0 Å². The lowest BCUT2D eigenvalue weighted by Gasteiger charge is -2.33. The third-order valence-corrected chi connectivity index (χ3v) is 8.02. The molecule has 0 bridgehead atoms. The van der Waals surface area contributed by atoms with Crippen molar-refractivity contribution in [1.82, 2.24) is 20.2 Å². The summed E-state index contributed by atoms with van der Waals surface area (Å²) in [5.74, 6) is 1.69. The molecular formula is C29H34N4O2S. The molecule has 1 aliphatic heterocycles. The number of hydrogen-bond acceptors (Lipinski definition) is 6. The van der Waals surface area contributed by atoms with E-state index in [-0.39, 0.29) is 5.91 Å². The molecule has 1 aliphatic carbocycles. The zero-order valence-corrected chi connectivity index (χ0v) is 21.7. The minimum Gasteiger partial charge on any atom is -0.497 e. The maximum atomic E-state index is 12.5. The van der Waals surface area contributed by atoms with E-state index < -0.39 is 0 Å². The number of piperidine rings is 1. The quantitative estimate of drug-likeness (QED) is 0.336. The zero-order valence-electron chi connectivity index (χ0n) is 20.9. The Morgan fingerprint density at radius 3 is 2.67 bits per heavy atom. The number of ether oxygens (including phenoxy) is 1. The average Bonchev–Trinajstić information content (AvgIpc) is 3.39. The Bertz CT molecular complexity index is 1170. The van der Waals surface area contributed by atoms with Crippen LogP contribution in [0.5, 0.6) is 5.75 Å². The number of aromatic nitrogens is 2. The molecule has 2 aromatic carbocycles. The van der Waals surface area contributed by atoms with Crippen molar-refractivity contribution in [3.05, 3.63) is 71.5 Å². The number of thioether (sulfide) groups is 1. The summed E-state index contributed by atoms with van der Waals surface area (Å²) in [6.07, 6.45) is 9.72. The summed E-state index contributed by atoms with van der Waals surface area (Å²) in [5.41, 5.74) is 6.48. The fourth-order valence-corrected chi connectivity index (χ4v) is 5.82. The van der Waals surface area contributed by atoms with Crippen molar-refractivity contribution in [2.75, 3.05) is 32.5 Å². The monoisotopic (exact) mass is 502 g/mol. The Morgan fingerprint density at radius 2 is 1.86 bits per heavy atom. The second kappa shape index (κ2) is 11.9. The molecule has 1 fully saturated rings. The van der Waals surface area contributed by atoms with Gasteiger partial charge in [0, 0.05) is 37.6 Å². The first kappa shape index (κ1) is 24.8. The molecule has 2 heterocycles. The van der Waals surface area contributed by atoms with Gasteiger partial charge in [-0.25, -0.2) is 9.97 Å². The number of aryl methyl sites for hydroxylation is 2. The van der Waals surface area contributed by atoms with Crippen LogP contribution < -0.4 is 10.1 Å². The molecule has 5 rings (SSSR count). The number of fused-ring (bicyclic) bond motifs is 1. The van der Waals surface area contributed by atoms with Gasteiger partial charge in [-0.3, -0.25) is 9.69 Å². The second-order valence-electron chi connectivity index (χ2n) is 9.78. The Balaban J connectivity index is 1.04. The third-order valence-electron chi connectivity index (χ3n) is 7.14. The first-order chi connectivity index (χ1) is 17.7. The number of methoxy groups -OCH3 is 1. The fraction of sp³-hybridized carbons (Fsp3) is 0.414. The maximum Gasteiger partial charge on any atom is 0.230 e. The molecule has 1 saturated heterocycles. The second-order valence-corrected chi connectivity index (χ2v) is 10.7. The Labute approximate surface area is 217 Å². The molecule has 2 aliphatic rings. The highest BCUT2D eigenvalue weighted by Crippen LogP contribution is 2.25. The first-order valence-corrected chi connectivity index (χ1v) is 13.8. The lowest BCUT2D eigenvalue weighted by atomic mass is 9.97. The molecule has 0 spiro atoms. The number of nitrogens with zero attached hydrogens (tertiary/aromatic N) is 3. The minimum atomic E-state index is 0.0403. The highest BCUT2D eigenvalue weighted by molar-refractivity contribution is 7.99. The van der Waals surface area contributed by atoms with E-state index in [1.807, 2.05) is 24.3 Å². The van der Waals surface area contributed by atoms with Crippen LogP contribution in [-0.4, -0.2) is 53.3 Å². The molecule has 6 nitrogen and oxygen atoms in total. The van der Waals surface area contributed by atoms with E-state index in [9.17, 15) is 4.79 Å². The van der Waals surface area contributed by atoms with Gasteiger partial charge in [0.2, 0.25) is 5.91 Å². The number of likely N-dealkylation sites (tertiary alicyclic amines) is 1. The first-order valence-electron chi connectivity index (χ1n) is 12.9. The lowest BCUT2D eigenvalue weighted by Crippen LogP contribution is -2.41. The summed E-state index contributed by atoms with van der Waals surface area (Å²) in [6.45, 7) is 3.93. The predicted octanol–water partition coefficient (Wildman–Crippen LogP) is 4.76. The molecule has 0 radical (unpaired) electrons. The summed E-state index contributed by atoms with van der Waals surface area (Å²) in [5, 5.41) is 3.75. The van der Waals surface area contributed by atoms with Crippen LogP contribution in [0, 0.1) is 5.92 Å². The molecule has 1 amide bonds. The SMILES string of the molecule is COc1ccc(-c2cnc(SCC(=O)NCC3CCCN(Cc4ccc5c(c4)CCC5)C3)nc2)cc1. The summed E-state index contributed by atoms with van der Waals surface area (Å²) < 4.78 is 5.20. The van der Waals surface area contributed by atoms with Gasteiger partial charge in [0.1, 0.15) is 5.75 Å². The molecule has 3 aromatic rings. The number of carbonyl (C=O) groups is 1. The van der Waals surface area contributed by atoms with Crippen LogP contribution in [0.3, 0.4) is 0 Å². The number of nitrogens with one attached hydrogen (secondary N) is 1. The number of amides is 1. The smallest absolute Gasteiger partial charge is 0.230 e. The highest BCUT2D eigenvalue weighted by Gasteiger charge is 2.21. The van der Waals surface area contributed by atoms with Gasteiger partial charge in [-0.15, -0.1) is 0 Å². The minimum absolute atomic E-state index is 0.0403. The van der Waals surface area contributed by atoms with E-state index in [0.717, 1.165) is 43.1 Å². The summed E-state index contributed by atoms with van der Waals surface area (Å²) in [7, 11) is 1.65.